The van der Waals surface area contributed by atoms with Gasteiger partial charge >= 0.3 is 0 Å². The molecule has 0 spiro atoms. The van der Waals surface area contributed by atoms with Crippen molar-refractivity contribution in [3.8, 4) is 5.88 Å². The lowest BCUT2D eigenvalue weighted by Crippen LogP contribution is -2.30. The lowest BCUT2D eigenvalue weighted by Gasteiger charge is -2.18. The van der Waals surface area contributed by atoms with Crippen molar-refractivity contribution in [2.45, 2.75) is 31.7 Å². The van der Waals surface area contributed by atoms with E-state index in [1.165, 1.54) is 23.3 Å². The fourth-order valence-corrected chi connectivity index (χ4v) is 5.36. The van der Waals surface area contributed by atoms with Crippen LogP contribution in [0.15, 0.2) is 36.4 Å². The van der Waals surface area contributed by atoms with Gasteiger partial charge in [0.25, 0.3) is 0 Å². The van der Waals surface area contributed by atoms with E-state index in [9.17, 15) is 9.90 Å². The van der Waals surface area contributed by atoms with Crippen LogP contribution in [0.25, 0.3) is 0 Å². The summed E-state index contributed by atoms with van der Waals surface area (Å²) in [5, 5.41) is 14.4. The number of para-hydroxylation sites is 1. The lowest BCUT2D eigenvalue weighted by molar-refractivity contribution is -0.117. The molecule has 2 N–H and O–H groups in total. The molecule has 6 heteroatoms. The van der Waals surface area contributed by atoms with Crippen molar-refractivity contribution in [3.05, 3.63) is 46.9 Å². The summed E-state index contributed by atoms with van der Waals surface area (Å²) in [6, 6.07) is 8.41. The molecule has 3 aliphatic rings. The Bertz CT molecular complexity index is 891. The molecule has 2 aliphatic carbocycles. The van der Waals surface area contributed by atoms with Crippen molar-refractivity contribution < 1.29 is 9.90 Å². The Morgan fingerprint density at radius 3 is 3.00 bits per heavy atom. The van der Waals surface area contributed by atoms with E-state index in [1.807, 2.05) is 23.1 Å². The van der Waals surface area contributed by atoms with Crippen LogP contribution in [0.4, 0.5) is 10.8 Å². The van der Waals surface area contributed by atoms with Crippen molar-refractivity contribution in [1.29, 1.82) is 0 Å². The zero-order valence-corrected chi connectivity index (χ0v) is 15.2. The van der Waals surface area contributed by atoms with Crippen LogP contribution in [0, 0.1) is 11.8 Å². The van der Waals surface area contributed by atoms with Crippen LogP contribution in [0.5, 0.6) is 5.88 Å². The average Bonchev–Trinajstić information content (AvgIpc) is 3.39. The zero-order chi connectivity index (χ0) is 17.7. The van der Waals surface area contributed by atoms with Gasteiger partial charge in [0.15, 0.2) is 5.13 Å². The normalized spacial score (nSPS) is 25.7. The Balaban J connectivity index is 1.28. The van der Waals surface area contributed by atoms with E-state index in [-0.39, 0.29) is 18.2 Å². The lowest BCUT2D eigenvalue weighted by atomic mass is 10.0. The van der Waals surface area contributed by atoms with Gasteiger partial charge in [-0.1, -0.05) is 41.7 Å². The van der Waals surface area contributed by atoms with Gasteiger partial charge in [0.2, 0.25) is 11.8 Å². The number of allylic oxidation sites excluding steroid dienone is 1. The number of carbonyl (C=O) groups excluding carboxylic acids is 1. The summed E-state index contributed by atoms with van der Waals surface area (Å²) >= 11 is 1.40. The minimum atomic E-state index is -0.0166. The molecule has 3 unspecified atom stereocenters. The van der Waals surface area contributed by atoms with E-state index in [4.69, 9.17) is 0 Å². The Morgan fingerprint density at radius 1 is 1.31 bits per heavy atom. The van der Waals surface area contributed by atoms with Gasteiger partial charge in [-0.15, -0.1) is 0 Å². The smallest absolute Gasteiger partial charge is 0.232 e. The molecule has 2 aromatic rings. The van der Waals surface area contributed by atoms with Gasteiger partial charge in [0, 0.05) is 18.3 Å². The molecular weight excluding hydrogens is 346 g/mol. The number of carbonyl (C=O) groups is 1. The first kappa shape index (κ1) is 15.9. The molecule has 1 fully saturated rings. The Hall–Kier alpha value is -2.34. The minimum Gasteiger partial charge on any atom is -0.492 e. The van der Waals surface area contributed by atoms with Crippen molar-refractivity contribution >= 4 is 28.1 Å². The van der Waals surface area contributed by atoms with Crippen LogP contribution in [-0.4, -0.2) is 28.6 Å². The molecule has 134 valence electrons. The minimum absolute atomic E-state index is 0.0166. The summed E-state index contributed by atoms with van der Waals surface area (Å²) < 4.78 is 0. The number of aromatic nitrogens is 1. The predicted octanol–water partition coefficient (Wildman–Crippen LogP) is 3.36. The van der Waals surface area contributed by atoms with Crippen LogP contribution < -0.4 is 10.2 Å². The number of anilines is 2. The van der Waals surface area contributed by atoms with E-state index in [1.54, 1.807) is 0 Å². The number of nitrogens with zero attached hydrogens (tertiary/aromatic N) is 2. The van der Waals surface area contributed by atoms with Crippen molar-refractivity contribution in [2.24, 2.45) is 11.8 Å². The number of nitrogens with one attached hydrogen (secondary N) is 1. The molecule has 0 saturated heterocycles. The fourth-order valence-electron chi connectivity index (χ4n) is 4.46. The first-order chi connectivity index (χ1) is 12.7. The summed E-state index contributed by atoms with van der Waals surface area (Å²) in [6.45, 7) is 0.709. The molecule has 1 saturated carbocycles. The van der Waals surface area contributed by atoms with Crippen molar-refractivity contribution in [3.63, 3.8) is 0 Å². The summed E-state index contributed by atoms with van der Waals surface area (Å²) in [7, 11) is 0. The van der Waals surface area contributed by atoms with Gasteiger partial charge in [-0.05, 0) is 42.7 Å². The van der Waals surface area contributed by atoms with E-state index in [0.717, 1.165) is 23.7 Å². The average molecular weight is 367 g/mol. The topological polar surface area (TPSA) is 65.5 Å². The standard InChI is InChI=1S/C20H21N3O2S/c24-18(23-8-7-13-3-1-2-4-16(13)23)11-17-19(25)22-20(26-17)21-15-10-12-5-6-14(15)9-12/h1-6,12,14-15,25H,7-11H2,(H,21,22). The van der Waals surface area contributed by atoms with Gasteiger partial charge in [0.1, 0.15) is 0 Å². The summed E-state index contributed by atoms with van der Waals surface area (Å²) in [5.74, 6) is 1.25. The first-order valence-corrected chi connectivity index (χ1v) is 10.0. The molecule has 0 radical (unpaired) electrons. The third kappa shape index (κ3) is 2.69. The summed E-state index contributed by atoms with van der Waals surface area (Å²) in [4.78, 5) is 19.5. The number of aromatic hydroxyl groups is 1. The molecule has 1 amide bonds. The SMILES string of the molecule is O=C(Cc1sc(NC2CC3C=CC2C3)nc1O)N1CCc2ccccc21. The van der Waals surface area contributed by atoms with Crippen LogP contribution in [-0.2, 0) is 17.6 Å². The maximum Gasteiger partial charge on any atom is 0.232 e. The fraction of sp³-hybridized carbons (Fsp3) is 0.400. The largest absolute Gasteiger partial charge is 0.492 e. The first-order valence-electron chi connectivity index (χ1n) is 9.19. The highest BCUT2D eigenvalue weighted by Crippen LogP contribution is 2.41. The molecular formula is C20H21N3O2S. The second-order valence-corrected chi connectivity index (χ2v) is 8.48. The van der Waals surface area contributed by atoms with Gasteiger partial charge in [-0.3, -0.25) is 4.79 Å². The molecule has 2 bridgehead atoms. The summed E-state index contributed by atoms with van der Waals surface area (Å²) in [6.07, 6.45) is 8.01. The maximum absolute atomic E-state index is 12.8. The third-order valence-corrected chi connectivity index (χ3v) is 6.74. The number of fused-ring (bicyclic) bond motifs is 3. The zero-order valence-electron chi connectivity index (χ0n) is 14.4. The molecule has 26 heavy (non-hydrogen) atoms. The number of thiazole rings is 1. The highest BCUT2D eigenvalue weighted by Gasteiger charge is 2.36. The second kappa shape index (κ2) is 6.13. The van der Waals surface area contributed by atoms with Crippen LogP contribution >= 0.6 is 11.3 Å². The number of amides is 1. The Labute approximate surface area is 156 Å². The highest BCUT2D eigenvalue weighted by molar-refractivity contribution is 7.16. The predicted molar refractivity (Wildman–Crippen MR) is 103 cm³/mol. The molecule has 1 aliphatic heterocycles. The van der Waals surface area contributed by atoms with Gasteiger partial charge in [-0.2, -0.15) is 4.98 Å². The number of rotatable bonds is 4. The maximum atomic E-state index is 12.8. The van der Waals surface area contributed by atoms with Crippen molar-refractivity contribution in [2.75, 3.05) is 16.8 Å². The Kier molecular flexibility index (Phi) is 3.74. The second-order valence-electron chi connectivity index (χ2n) is 7.40. The molecule has 2 heterocycles. The third-order valence-electron chi connectivity index (χ3n) is 5.76. The Morgan fingerprint density at radius 2 is 2.19 bits per heavy atom. The van der Waals surface area contributed by atoms with Crippen LogP contribution in [0.2, 0.25) is 0 Å². The number of hydrogen-bond donors (Lipinski definition) is 2. The molecule has 5 nitrogen and oxygen atoms in total. The van der Waals surface area contributed by atoms with Gasteiger partial charge in [0.05, 0.1) is 11.3 Å². The van der Waals surface area contributed by atoms with Gasteiger partial charge in [-0.25, -0.2) is 0 Å². The van der Waals surface area contributed by atoms with Crippen molar-refractivity contribution in [1.82, 2.24) is 4.98 Å². The van der Waals surface area contributed by atoms with Gasteiger partial charge < -0.3 is 15.3 Å². The molecule has 5 rings (SSSR count). The molecule has 1 aromatic carbocycles. The number of hydrogen-bond acceptors (Lipinski definition) is 5. The quantitative estimate of drug-likeness (QED) is 0.814. The highest BCUT2D eigenvalue weighted by atomic mass is 32.1. The van der Waals surface area contributed by atoms with E-state index in [2.05, 4.69) is 28.5 Å². The van der Waals surface area contributed by atoms with E-state index >= 15 is 0 Å². The van der Waals surface area contributed by atoms with E-state index in [0.29, 0.717) is 29.3 Å². The molecule has 1 aromatic heterocycles. The van der Waals surface area contributed by atoms with Crippen LogP contribution in [0.1, 0.15) is 23.3 Å². The summed E-state index contributed by atoms with van der Waals surface area (Å²) in [5.41, 5.74) is 2.20. The monoisotopic (exact) mass is 367 g/mol. The number of benzene rings is 1. The van der Waals surface area contributed by atoms with Crippen LogP contribution in [0.3, 0.4) is 0 Å². The van der Waals surface area contributed by atoms with E-state index < -0.39 is 0 Å². The molecule has 3 atom stereocenters.